The van der Waals surface area contributed by atoms with Gasteiger partial charge in [0.25, 0.3) is 5.91 Å². The molecule has 0 aliphatic carbocycles. The van der Waals surface area contributed by atoms with E-state index in [1.807, 2.05) is 31.2 Å². The van der Waals surface area contributed by atoms with Gasteiger partial charge in [-0.1, -0.05) is 42.0 Å². The van der Waals surface area contributed by atoms with Crippen molar-refractivity contribution in [2.75, 3.05) is 5.32 Å². The van der Waals surface area contributed by atoms with Crippen molar-refractivity contribution < 1.29 is 9.59 Å². The summed E-state index contributed by atoms with van der Waals surface area (Å²) < 4.78 is 1.76. The van der Waals surface area contributed by atoms with Crippen molar-refractivity contribution in [3.8, 4) is 0 Å². The van der Waals surface area contributed by atoms with Gasteiger partial charge in [0.05, 0.1) is 11.0 Å². The number of nitrogens with zero attached hydrogens (tertiary/aromatic N) is 1. The van der Waals surface area contributed by atoms with E-state index < -0.39 is 11.9 Å². The number of aryl methyl sites for hydroxylation is 1. The van der Waals surface area contributed by atoms with Crippen molar-refractivity contribution in [3.05, 3.63) is 88.6 Å². The van der Waals surface area contributed by atoms with Crippen LogP contribution in [0.25, 0.3) is 21.8 Å². The van der Waals surface area contributed by atoms with Crippen LogP contribution in [0.3, 0.4) is 0 Å². The first-order chi connectivity index (χ1) is 14.5. The van der Waals surface area contributed by atoms with Gasteiger partial charge in [-0.2, -0.15) is 0 Å². The number of hydrazine groups is 1. The third-order valence-electron chi connectivity index (χ3n) is 4.81. The molecule has 4 rings (SSSR count). The Bertz CT molecular complexity index is 1250. The molecule has 0 atom stereocenters. The lowest BCUT2D eigenvalue weighted by molar-refractivity contribution is -0.122. The maximum Gasteiger partial charge on any atom is 0.337 e. The van der Waals surface area contributed by atoms with Crippen LogP contribution >= 0.6 is 0 Å². The molecule has 7 nitrogen and oxygen atoms in total. The quantitative estimate of drug-likeness (QED) is 0.364. The molecule has 0 spiro atoms. The first kappa shape index (κ1) is 19.2. The molecular formula is C23H20N4O3. The fraction of sp³-hybridized carbons (Fsp3) is 0.0870. The number of pyridine rings is 1. The number of nitrogens with one attached hydrogen (secondary N) is 3. The fourth-order valence-electron chi connectivity index (χ4n) is 3.36. The van der Waals surface area contributed by atoms with Gasteiger partial charge in [-0.3, -0.25) is 15.0 Å². The molecule has 3 amide bonds. The summed E-state index contributed by atoms with van der Waals surface area (Å²) in [5.41, 5.74) is 7.68. The highest BCUT2D eigenvalue weighted by Crippen LogP contribution is 2.18. The van der Waals surface area contributed by atoms with Gasteiger partial charge < -0.3 is 9.88 Å². The first-order valence-corrected chi connectivity index (χ1v) is 9.46. The average molecular weight is 400 g/mol. The number of carbonyl (C=O) groups is 2. The Morgan fingerprint density at radius 2 is 1.37 bits per heavy atom. The number of fused-ring (bicyclic) bond motifs is 2. The Hall–Kier alpha value is -4.13. The van der Waals surface area contributed by atoms with Gasteiger partial charge in [0.15, 0.2) is 5.43 Å². The van der Waals surface area contributed by atoms with E-state index in [9.17, 15) is 14.4 Å². The van der Waals surface area contributed by atoms with Crippen LogP contribution in [0, 0.1) is 6.92 Å². The zero-order valence-electron chi connectivity index (χ0n) is 16.3. The molecule has 3 aromatic carbocycles. The van der Waals surface area contributed by atoms with Crippen LogP contribution in [0.2, 0.25) is 0 Å². The number of carbonyl (C=O) groups excluding carboxylic acids is 2. The van der Waals surface area contributed by atoms with E-state index in [2.05, 4.69) is 16.2 Å². The maximum absolute atomic E-state index is 12.8. The van der Waals surface area contributed by atoms with E-state index in [4.69, 9.17) is 0 Å². The number of anilines is 1. The van der Waals surface area contributed by atoms with E-state index in [1.165, 1.54) is 0 Å². The minimum absolute atomic E-state index is 0.0634. The number of para-hydroxylation sites is 2. The number of rotatable bonds is 3. The average Bonchev–Trinajstić information content (AvgIpc) is 2.77. The third-order valence-corrected chi connectivity index (χ3v) is 4.81. The zero-order valence-corrected chi connectivity index (χ0v) is 16.3. The van der Waals surface area contributed by atoms with Gasteiger partial charge in [-0.15, -0.1) is 0 Å². The molecule has 150 valence electrons. The lowest BCUT2D eigenvalue weighted by Crippen LogP contribution is -2.45. The lowest BCUT2D eigenvalue weighted by Gasteiger charge is -2.15. The number of hydrogen-bond acceptors (Lipinski definition) is 3. The first-order valence-electron chi connectivity index (χ1n) is 9.46. The van der Waals surface area contributed by atoms with Crippen molar-refractivity contribution in [1.29, 1.82) is 0 Å². The highest BCUT2D eigenvalue weighted by atomic mass is 16.2. The van der Waals surface area contributed by atoms with E-state index in [-0.39, 0.29) is 12.0 Å². The lowest BCUT2D eigenvalue weighted by atomic mass is 10.1. The number of amides is 3. The van der Waals surface area contributed by atoms with Crippen molar-refractivity contribution in [3.63, 3.8) is 0 Å². The molecule has 0 saturated heterocycles. The standard InChI is InChI=1S/C23H20N4O3/c1-15-10-12-16(13-11-15)24-23(30)26-25-21(28)14-27-19-8-4-2-6-17(19)22(29)18-7-3-5-9-20(18)27/h2-13H,14H2,1H3,(H,25,28)(H2,24,26,30). The predicted octanol–water partition coefficient (Wildman–Crippen LogP) is 3.32. The molecule has 0 fully saturated rings. The summed E-state index contributed by atoms with van der Waals surface area (Å²) in [7, 11) is 0. The SMILES string of the molecule is Cc1ccc(NC(=O)NNC(=O)Cn2c3ccccc3c(=O)c3ccccc32)cc1. The van der Waals surface area contributed by atoms with Crippen LogP contribution in [0.15, 0.2) is 77.6 Å². The van der Waals surface area contributed by atoms with Gasteiger partial charge >= 0.3 is 6.03 Å². The molecular weight excluding hydrogens is 380 g/mol. The summed E-state index contributed by atoms with van der Waals surface area (Å²) in [6, 6.07) is 21.0. The molecule has 30 heavy (non-hydrogen) atoms. The monoisotopic (exact) mass is 400 g/mol. The zero-order chi connectivity index (χ0) is 21.1. The number of urea groups is 1. The minimum atomic E-state index is -0.554. The highest BCUT2D eigenvalue weighted by molar-refractivity contribution is 5.95. The second-order valence-corrected chi connectivity index (χ2v) is 6.94. The minimum Gasteiger partial charge on any atom is -0.331 e. The molecule has 1 aromatic heterocycles. The van der Waals surface area contributed by atoms with Gasteiger partial charge in [-0.05, 0) is 43.3 Å². The summed E-state index contributed by atoms with van der Waals surface area (Å²) >= 11 is 0. The summed E-state index contributed by atoms with van der Waals surface area (Å²) in [5, 5.41) is 3.71. The molecule has 1 heterocycles. The van der Waals surface area contributed by atoms with Crippen LogP contribution in [-0.4, -0.2) is 16.5 Å². The Labute approximate surface area is 172 Å². The summed E-state index contributed by atoms with van der Waals surface area (Å²) in [4.78, 5) is 37.3. The van der Waals surface area contributed by atoms with Crippen LogP contribution in [-0.2, 0) is 11.3 Å². The van der Waals surface area contributed by atoms with Crippen molar-refractivity contribution in [2.45, 2.75) is 13.5 Å². The molecule has 0 aliphatic rings. The predicted molar refractivity (Wildman–Crippen MR) is 117 cm³/mol. The fourth-order valence-corrected chi connectivity index (χ4v) is 3.36. The Balaban J connectivity index is 1.53. The smallest absolute Gasteiger partial charge is 0.331 e. The van der Waals surface area contributed by atoms with E-state index >= 15 is 0 Å². The van der Waals surface area contributed by atoms with E-state index in [0.29, 0.717) is 27.5 Å². The maximum atomic E-state index is 12.8. The highest BCUT2D eigenvalue weighted by Gasteiger charge is 2.13. The Morgan fingerprint density at radius 1 is 0.800 bits per heavy atom. The van der Waals surface area contributed by atoms with Gasteiger partial charge in [-0.25, -0.2) is 10.2 Å². The molecule has 0 radical (unpaired) electrons. The topological polar surface area (TPSA) is 92.2 Å². The number of hydrogen-bond donors (Lipinski definition) is 3. The summed E-state index contributed by atoms with van der Waals surface area (Å²) in [6.07, 6.45) is 0. The largest absolute Gasteiger partial charge is 0.337 e. The van der Waals surface area contributed by atoms with Crippen LogP contribution in [0.4, 0.5) is 10.5 Å². The van der Waals surface area contributed by atoms with Gasteiger partial charge in [0, 0.05) is 16.5 Å². The van der Waals surface area contributed by atoms with Crippen LogP contribution in [0.5, 0.6) is 0 Å². The molecule has 0 saturated carbocycles. The van der Waals surface area contributed by atoms with Gasteiger partial charge in [0.1, 0.15) is 6.54 Å². The van der Waals surface area contributed by atoms with Gasteiger partial charge in [0.2, 0.25) is 0 Å². The third kappa shape index (κ3) is 3.86. The molecule has 7 heteroatoms. The molecule has 0 unspecified atom stereocenters. The van der Waals surface area contributed by atoms with Crippen LogP contribution < -0.4 is 21.6 Å². The summed E-state index contributed by atoms with van der Waals surface area (Å²) in [5.74, 6) is -0.423. The number of benzene rings is 3. The van der Waals surface area contributed by atoms with Crippen molar-refractivity contribution in [2.24, 2.45) is 0 Å². The molecule has 4 aromatic rings. The van der Waals surface area contributed by atoms with E-state index in [0.717, 1.165) is 5.56 Å². The Morgan fingerprint density at radius 3 is 1.97 bits per heavy atom. The molecule has 0 aliphatic heterocycles. The second-order valence-electron chi connectivity index (χ2n) is 6.94. The Kier molecular flexibility index (Phi) is 5.17. The number of aromatic nitrogens is 1. The van der Waals surface area contributed by atoms with E-state index in [1.54, 1.807) is 53.1 Å². The van der Waals surface area contributed by atoms with Crippen molar-refractivity contribution in [1.82, 2.24) is 15.4 Å². The normalized spacial score (nSPS) is 10.7. The molecule has 3 N–H and O–H groups in total. The second kappa shape index (κ2) is 8.08. The summed E-state index contributed by atoms with van der Waals surface area (Å²) in [6.45, 7) is 1.89. The molecule has 0 bridgehead atoms. The van der Waals surface area contributed by atoms with Crippen molar-refractivity contribution >= 4 is 39.4 Å². The van der Waals surface area contributed by atoms with Crippen LogP contribution in [0.1, 0.15) is 5.56 Å².